The predicted octanol–water partition coefficient (Wildman–Crippen LogP) is 9.91. The van der Waals surface area contributed by atoms with Crippen LogP contribution in [-0.4, -0.2) is 0 Å². The van der Waals surface area contributed by atoms with Crippen LogP contribution in [0.2, 0.25) is 0 Å². The van der Waals surface area contributed by atoms with Crippen molar-refractivity contribution in [3.8, 4) is 33.4 Å². The summed E-state index contributed by atoms with van der Waals surface area (Å²) in [6.07, 6.45) is 0. The first-order valence-corrected chi connectivity index (χ1v) is 14.1. The smallest absolute Gasteiger partial charge is 0.0442 e. The van der Waals surface area contributed by atoms with Crippen LogP contribution < -0.4 is 0 Å². The third kappa shape index (κ3) is 3.13. The second-order valence-electron chi connectivity index (χ2n) is 11.3. The average molecular weight is 589 g/mol. The van der Waals surface area contributed by atoms with E-state index in [9.17, 15) is 0 Å². The molecular weight excluding hydrogens is 559 g/mol. The highest BCUT2D eigenvalue weighted by molar-refractivity contribution is 14.1. The van der Waals surface area contributed by atoms with Gasteiger partial charge in [0.1, 0.15) is 0 Å². The molecule has 0 aromatic heterocycles. The number of fused-ring (bicyclic) bond motifs is 6. The monoisotopic (exact) mass is 588 g/mol. The molecule has 1 atom stereocenters. The minimum absolute atomic E-state index is 0.0734. The molecule has 37 heavy (non-hydrogen) atoms. The van der Waals surface area contributed by atoms with E-state index in [1.807, 2.05) is 0 Å². The van der Waals surface area contributed by atoms with E-state index in [4.69, 9.17) is 0 Å². The molecule has 1 unspecified atom stereocenters. The van der Waals surface area contributed by atoms with Crippen LogP contribution >= 0.6 is 22.6 Å². The Kier molecular flexibility index (Phi) is 4.92. The van der Waals surface area contributed by atoms with Gasteiger partial charge in [-0.15, -0.1) is 0 Å². The van der Waals surface area contributed by atoms with Crippen molar-refractivity contribution in [1.29, 1.82) is 0 Å². The molecule has 0 N–H and O–H groups in total. The third-order valence-electron chi connectivity index (χ3n) is 8.85. The van der Waals surface area contributed by atoms with Crippen molar-refractivity contribution in [3.63, 3.8) is 0 Å². The van der Waals surface area contributed by atoms with Crippen LogP contribution in [-0.2, 0) is 10.8 Å². The van der Waals surface area contributed by atoms with Crippen LogP contribution in [0.3, 0.4) is 0 Å². The van der Waals surface area contributed by atoms with E-state index in [0.717, 1.165) is 0 Å². The summed E-state index contributed by atoms with van der Waals surface area (Å²) in [5, 5.41) is 0. The zero-order valence-electron chi connectivity index (χ0n) is 21.7. The fraction of sp³-hybridized carbons (Fsp3) is 0.167. The SMILES string of the molecule is Cc1ccc2c(c1)-c1ccccc1C2(C)c1cc(I)cc2c1-c1ccc(-c3ccccc3)cc1C2(C)C. The summed E-state index contributed by atoms with van der Waals surface area (Å²) in [6, 6.07) is 38.8. The molecule has 2 aliphatic rings. The molecule has 0 amide bonds. The maximum Gasteiger partial charge on any atom is 0.0442 e. The van der Waals surface area contributed by atoms with Crippen LogP contribution in [0.25, 0.3) is 33.4 Å². The van der Waals surface area contributed by atoms with Gasteiger partial charge in [-0.25, -0.2) is 0 Å². The number of hydrogen-bond acceptors (Lipinski definition) is 0. The van der Waals surface area contributed by atoms with Gasteiger partial charge in [0, 0.05) is 14.4 Å². The fourth-order valence-corrected chi connectivity index (χ4v) is 7.55. The summed E-state index contributed by atoms with van der Waals surface area (Å²) < 4.78 is 1.30. The van der Waals surface area contributed by atoms with Crippen LogP contribution in [0.15, 0.2) is 103 Å². The molecule has 0 radical (unpaired) electrons. The highest BCUT2D eigenvalue weighted by Crippen LogP contribution is 2.59. The molecule has 0 saturated carbocycles. The van der Waals surface area contributed by atoms with Crippen molar-refractivity contribution in [3.05, 3.63) is 140 Å². The minimum Gasteiger partial charge on any atom is -0.0622 e. The second kappa shape index (κ2) is 7.91. The zero-order chi connectivity index (χ0) is 25.5. The molecule has 5 aromatic carbocycles. The maximum atomic E-state index is 2.53. The molecule has 0 saturated heterocycles. The van der Waals surface area contributed by atoms with Crippen molar-refractivity contribution >= 4 is 22.6 Å². The van der Waals surface area contributed by atoms with Crippen molar-refractivity contribution in [1.82, 2.24) is 0 Å². The topological polar surface area (TPSA) is 0 Å². The Bertz CT molecular complexity index is 1720. The number of rotatable bonds is 2. The number of hydrogen-bond donors (Lipinski definition) is 0. The molecule has 2 aliphatic carbocycles. The van der Waals surface area contributed by atoms with Crippen LogP contribution in [0.5, 0.6) is 0 Å². The first-order valence-electron chi connectivity index (χ1n) is 13.1. The molecule has 0 nitrogen and oxygen atoms in total. The van der Waals surface area contributed by atoms with Crippen LogP contribution in [0.1, 0.15) is 54.2 Å². The number of benzene rings is 5. The highest BCUT2D eigenvalue weighted by atomic mass is 127. The summed E-state index contributed by atoms with van der Waals surface area (Å²) in [7, 11) is 0. The van der Waals surface area contributed by atoms with Gasteiger partial charge >= 0.3 is 0 Å². The summed E-state index contributed by atoms with van der Waals surface area (Å²) in [5.74, 6) is 0. The number of halogens is 1. The Labute approximate surface area is 233 Å². The third-order valence-corrected chi connectivity index (χ3v) is 9.48. The van der Waals surface area contributed by atoms with Crippen LogP contribution in [0, 0.1) is 10.5 Å². The fourth-order valence-electron chi connectivity index (χ4n) is 6.93. The van der Waals surface area contributed by atoms with Crippen molar-refractivity contribution in [2.45, 2.75) is 38.5 Å². The normalized spacial score (nSPS) is 18.2. The van der Waals surface area contributed by atoms with E-state index in [2.05, 4.69) is 153 Å². The van der Waals surface area contributed by atoms with E-state index in [1.54, 1.807) is 0 Å². The van der Waals surface area contributed by atoms with Gasteiger partial charge in [-0.05, 0) is 116 Å². The van der Waals surface area contributed by atoms with E-state index < -0.39 is 0 Å². The average Bonchev–Trinajstić information content (AvgIpc) is 3.29. The van der Waals surface area contributed by atoms with Crippen molar-refractivity contribution < 1.29 is 0 Å². The van der Waals surface area contributed by atoms with Crippen molar-refractivity contribution in [2.24, 2.45) is 0 Å². The highest BCUT2D eigenvalue weighted by Gasteiger charge is 2.46. The van der Waals surface area contributed by atoms with Crippen molar-refractivity contribution in [2.75, 3.05) is 0 Å². The Morgan fingerprint density at radius 2 is 1.22 bits per heavy atom. The largest absolute Gasteiger partial charge is 0.0622 e. The van der Waals surface area contributed by atoms with Gasteiger partial charge in [0.15, 0.2) is 0 Å². The quantitative estimate of drug-likeness (QED) is 0.180. The van der Waals surface area contributed by atoms with Gasteiger partial charge in [0.05, 0.1) is 0 Å². The van der Waals surface area contributed by atoms with E-state index in [0.29, 0.717) is 0 Å². The predicted molar refractivity (Wildman–Crippen MR) is 164 cm³/mol. The molecule has 0 fully saturated rings. The van der Waals surface area contributed by atoms with E-state index in [1.165, 1.54) is 70.3 Å². The maximum absolute atomic E-state index is 2.53. The molecule has 180 valence electrons. The molecule has 5 aromatic rings. The van der Waals surface area contributed by atoms with Gasteiger partial charge in [-0.2, -0.15) is 0 Å². The van der Waals surface area contributed by atoms with Gasteiger partial charge in [0.25, 0.3) is 0 Å². The summed E-state index contributed by atoms with van der Waals surface area (Å²) >= 11 is 2.53. The van der Waals surface area contributed by atoms with Gasteiger partial charge < -0.3 is 0 Å². The van der Waals surface area contributed by atoms with Gasteiger partial charge in [-0.1, -0.05) is 104 Å². The molecule has 0 aliphatic heterocycles. The summed E-state index contributed by atoms with van der Waals surface area (Å²) in [5.41, 5.74) is 16.2. The molecule has 7 rings (SSSR count). The van der Waals surface area contributed by atoms with Gasteiger partial charge in [-0.3, -0.25) is 0 Å². The van der Waals surface area contributed by atoms with E-state index in [-0.39, 0.29) is 10.8 Å². The van der Waals surface area contributed by atoms with E-state index >= 15 is 0 Å². The van der Waals surface area contributed by atoms with Crippen LogP contribution in [0.4, 0.5) is 0 Å². The molecule has 1 heteroatoms. The first kappa shape index (κ1) is 23.0. The lowest BCUT2D eigenvalue weighted by Gasteiger charge is -2.32. The van der Waals surface area contributed by atoms with Gasteiger partial charge in [0.2, 0.25) is 0 Å². The zero-order valence-corrected chi connectivity index (χ0v) is 23.9. The minimum atomic E-state index is -0.222. The lowest BCUT2D eigenvalue weighted by molar-refractivity contribution is 0.656. The molecular formula is C36H29I. The molecule has 0 bridgehead atoms. The molecule has 0 spiro atoms. The summed E-state index contributed by atoms with van der Waals surface area (Å²) in [6.45, 7) is 9.44. The Balaban J connectivity index is 1.54. The lowest BCUT2D eigenvalue weighted by Crippen LogP contribution is -2.24. The Morgan fingerprint density at radius 1 is 0.514 bits per heavy atom. The Morgan fingerprint density at radius 3 is 2.03 bits per heavy atom. The number of aryl methyl sites for hydroxylation is 1. The standard InChI is InChI=1S/C36H29I/c1-22-14-17-30-28(18-22)26-12-8-9-13-29(26)36(30,4)33-21-25(37)20-32-34(33)27-16-15-24(19-31(27)35(32,2)3)23-10-6-5-7-11-23/h5-21H,1-4H3. The summed E-state index contributed by atoms with van der Waals surface area (Å²) in [4.78, 5) is 0. The lowest BCUT2D eigenvalue weighted by atomic mass is 9.71. The Hall–Kier alpha value is -3.17. The first-order chi connectivity index (χ1) is 17.8. The second-order valence-corrected chi connectivity index (χ2v) is 12.6. The molecule has 0 heterocycles.